The first-order valence-corrected chi connectivity index (χ1v) is 1.76. The average Bonchev–Trinajstić information content (AvgIpc) is 1.38. The van der Waals surface area contributed by atoms with Gasteiger partial charge in [0.25, 0.3) is 0 Å². The molecule has 0 saturated carbocycles. The molecule has 0 amide bonds. The molecule has 38 valence electrons. The fourth-order valence-electron chi connectivity index (χ4n) is 0. The van der Waals surface area contributed by atoms with Gasteiger partial charge in [0.05, 0.1) is 15.2 Å². The standard InChI is InChI=1S/C3H7OP.CH4/c1-3(2)4-5;/h1,5H2,2H3;1H4. The molecule has 0 aromatic rings. The van der Waals surface area contributed by atoms with E-state index in [0.717, 1.165) is 5.76 Å². The van der Waals surface area contributed by atoms with Gasteiger partial charge in [-0.25, -0.2) is 0 Å². The Hall–Kier alpha value is -0.0300. The zero-order valence-electron chi connectivity index (χ0n) is 3.19. The Morgan fingerprint density at radius 1 is 1.83 bits per heavy atom. The number of allylic oxidation sites excluding steroid dienone is 1. The van der Waals surface area contributed by atoms with E-state index in [0.29, 0.717) is 0 Å². The first kappa shape index (κ1) is 9.36. The summed E-state index contributed by atoms with van der Waals surface area (Å²) in [5.74, 6) is 0.718. The fourth-order valence-corrected chi connectivity index (χ4v) is 0. The highest BCUT2D eigenvalue weighted by Crippen LogP contribution is 1.93. The smallest absolute Gasteiger partial charge is 0.0889 e. The minimum Gasteiger partial charge on any atom is -0.486 e. The summed E-state index contributed by atoms with van der Waals surface area (Å²) < 4.78 is 4.47. The molecule has 0 aromatic carbocycles. The second kappa shape index (κ2) is 4.97. The second-order valence-corrected chi connectivity index (χ2v) is 1.06. The molecule has 6 heavy (non-hydrogen) atoms. The van der Waals surface area contributed by atoms with Crippen LogP contribution in [0.4, 0.5) is 0 Å². The summed E-state index contributed by atoms with van der Waals surface area (Å²) in [7, 11) is 2.09. The van der Waals surface area contributed by atoms with Crippen LogP contribution in [0.5, 0.6) is 0 Å². The Morgan fingerprint density at radius 3 is 2.00 bits per heavy atom. The zero-order chi connectivity index (χ0) is 4.28. The lowest BCUT2D eigenvalue weighted by atomic mass is 10.7. The van der Waals surface area contributed by atoms with Crippen molar-refractivity contribution in [2.24, 2.45) is 0 Å². The Morgan fingerprint density at radius 2 is 2.00 bits per heavy atom. The highest BCUT2D eigenvalue weighted by atomic mass is 31.0. The summed E-state index contributed by atoms with van der Waals surface area (Å²) in [5, 5.41) is 0. The lowest BCUT2D eigenvalue weighted by Gasteiger charge is -1.87. The van der Waals surface area contributed by atoms with Gasteiger partial charge in [0.1, 0.15) is 0 Å². The predicted octanol–water partition coefficient (Wildman–Crippen LogP) is 1.96. The van der Waals surface area contributed by atoms with Crippen LogP contribution in [0.15, 0.2) is 12.3 Å². The molecule has 1 unspecified atom stereocenters. The van der Waals surface area contributed by atoms with Crippen molar-refractivity contribution in [1.82, 2.24) is 0 Å². The molecule has 0 rings (SSSR count). The molecular weight excluding hydrogens is 95.0 g/mol. The summed E-state index contributed by atoms with van der Waals surface area (Å²) in [6.07, 6.45) is 0. The van der Waals surface area contributed by atoms with Crippen molar-refractivity contribution in [3.05, 3.63) is 12.3 Å². The van der Waals surface area contributed by atoms with E-state index in [9.17, 15) is 0 Å². The summed E-state index contributed by atoms with van der Waals surface area (Å²) in [6, 6.07) is 0. The van der Waals surface area contributed by atoms with Crippen LogP contribution in [0.25, 0.3) is 0 Å². The van der Waals surface area contributed by atoms with E-state index in [1.165, 1.54) is 0 Å². The SMILES string of the molecule is C.C=C(C)OP. The van der Waals surface area contributed by atoms with E-state index in [-0.39, 0.29) is 7.43 Å². The van der Waals surface area contributed by atoms with Crippen LogP contribution < -0.4 is 0 Å². The van der Waals surface area contributed by atoms with E-state index in [1.807, 2.05) is 0 Å². The van der Waals surface area contributed by atoms with Gasteiger partial charge in [-0.3, -0.25) is 0 Å². The molecular formula is C4H11OP. The molecule has 0 aliphatic heterocycles. The van der Waals surface area contributed by atoms with Gasteiger partial charge >= 0.3 is 0 Å². The maximum absolute atomic E-state index is 4.47. The van der Waals surface area contributed by atoms with Crippen LogP contribution in [0.3, 0.4) is 0 Å². The van der Waals surface area contributed by atoms with Crippen molar-refractivity contribution < 1.29 is 4.52 Å². The summed E-state index contributed by atoms with van der Waals surface area (Å²) in [4.78, 5) is 0. The van der Waals surface area contributed by atoms with E-state index in [2.05, 4.69) is 20.6 Å². The van der Waals surface area contributed by atoms with Gasteiger partial charge < -0.3 is 4.52 Å². The van der Waals surface area contributed by atoms with Gasteiger partial charge in [-0.15, -0.1) is 0 Å². The quantitative estimate of drug-likeness (QED) is 0.366. The highest BCUT2D eigenvalue weighted by Gasteiger charge is 1.65. The van der Waals surface area contributed by atoms with Gasteiger partial charge in [0.2, 0.25) is 0 Å². The molecule has 0 aliphatic rings. The van der Waals surface area contributed by atoms with Gasteiger partial charge in [0, 0.05) is 0 Å². The van der Waals surface area contributed by atoms with Crippen molar-refractivity contribution in [2.75, 3.05) is 0 Å². The van der Waals surface area contributed by atoms with Gasteiger partial charge in [-0.1, -0.05) is 14.0 Å². The highest BCUT2D eigenvalue weighted by molar-refractivity contribution is 7.10. The van der Waals surface area contributed by atoms with Crippen LogP contribution in [-0.2, 0) is 4.52 Å². The van der Waals surface area contributed by atoms with Crippen LogP contribution in [-0.4, -0.2) is 0 Å². The second-order valence-electron chi connectivity index (χ2n) is 0.820. The summed E-state index contributed by atoms with van der Waals surface area (Å²) in [5.41, 5.74) is 0. The lowest BCUT2D eigenvalue weighted by molar-refractivity contribution is 0.503. The molecule has 1 nitrogen and oxygen atoms in total. The normalized spacial score (nSPS) is 5.67. The van der Waals surface area contributed by atoms with Crippen molar-refractivity contribution >= 4 is 9.47 Å². The molecule has 0 aliphatic carbocycles. The van der Waals surface area contributed by atoms with E-state index in [4.69, 9.17) is 0 Å². The minimum atomic E-state index is 0. The Bertz CT molecular complexity index is 42.8. The topological polar surface area (TPSA) is 9.23 Å². The van der Waals surface area contributed by atoms with E-state index < -0.39 is 0 Å². The monoisotopic (exact) mass is 106 g/mol. The lowest BCUT2D eigenvalue weighted by Crippen LogP contribution is -1.60. The minimum absolute atomic E-state index is 0. The first-order chi connectivity index (χ1) is 2.27. The average molecular weight is 106 g/mol. The van der Waals surface area contributed by atoms with E-state index >= 15 is 0 Å². The summed E-state index contributed by atoms with van der Waals surface area (Å²) >= 11 is 0. The third kappa shape index (κ3) is 9.02. The third-order valence-electron chi connectivity index (χ3n) is 0.201. The molecule has 0 heterocycles. The van der Waals surface area contributed by atoms with Gasteiger partial charge in [0.15, 0.2) is 0 Å². The molecule has 2 heteroatoms. The molecule has 0 bridgehead atoms. The Labute approximate surface area is 41.7 Å². The maximum atomic E-state index is 4.47. The first-order valence-electron chi connectivity index (χ1n) is 1.29. The number of hydrogen-bond donors (Lipinski definition) is 0. The van der Waals surface area contributed by atoms with Crippen LogP contribution in [0.2, 0.25) is 0 Å². The number of hydrogen-bond acceptors (Lipinski definition) is 1. The Kier molecular flexibility index (Phi) is 7.75. The van der Waals surface area contributed by atoms with Crippen LogP contribution in [0.1, 0.15) is 14.4 Å². The van der Waals surface area contributed by atoms with Crippen LogP contribution in [0, 0.1) is 0 Å². The van der Waals surface area contributed by atoms with Crippen LogP contribution >= 0.6 is 9.47 Å². The van der Waals surface area contributed by atoms with Crippen molar-refractivity contribution in [2.45, 2.75) is 14.4 Å². The molecule has 0 saturated heterocycles. The molecule has 1 atom stereocenters. The third-order valence-corrected chi connectivity index (χ3v) is 0.604. The van der Waals surface area contributed by atoms with Gasteiger partial charge in [-0.05, 0) is 6.92 Å². The predicted molar refractivity (Wildman–Crippen MR) is 32.3 cm³/mol. The molecule has 0 aromatic heterocycles. The summed E-state index contributed by atoms with van der Waals surface area (Å²) in [6.45, 7) is 5.22. The zero-order valence-corrected chi connectivity index (χ0v) is 4.35. The molecule has 0 spiro atoms. The van der Waals surface area contributed by atoms with Crippen molar-refractivity contribution in [3.8, 4) is 0 Å². The number of rotatable bonds is 1. The largest absolute Gasteiger partial charge is 0.486 e. The van der Waals surface area contributed by atoms with Crippen molar-refractivity contribution in [3.63, 3.8) is 0 Å². The fraction of sp³-hybridized carbons (Fsp3) is 0.500. The van der Waals surface area contributed by atoms with E-state index in [1.54, 1.807) is 6.92 Å². The Balaban J connectivity index is 0. The molecule has 0 fully saturated rings. The molecule has 0 N–H and O–H groups in total. The molecule has 0 radical (unpaired) electrons. The van der Waals surface area contributed by atoms with Crippen molar-refractivity contribution in [1.29, 1.82) is 0 Å². The maximum Gasteiger partial charge on any atom is 0.0889 e. The van der Waals surface area contributed by atoms with Gasteiger partial charge in [-0.2, -0.15) is 0 Å².